The van der Waals surface area contributed by atoms with Gasteiger partial charge in [-0.3, -0.25) is 9.59 Å². The van der Waals surface area contributed by atoms with E-state index in [4.69, 9.17) is 4.74 Å². The van der Waals surface area contributed by atoms with Gasteiger partial charge in [-0.05, 0) is 5.41 Å². The summed E-state index contributed by atoms with van der Waals surface area (Å²) in [5.41, 5.74) is 0.574. The zero-order valence-corrected chi connectivity index (χ0v) is 11.2. The standard InChI is InChI=1S/C15H20O3/c1-15(2,3)11-14(17)18-10-9-13(16)12-7-5-4-6-8-12/h4-8H,9-11H2,1-3H3. The maximum atomic E-state index is 11.7. The Morgan fingerprint density at radius 2 is 1.72 bits per heavy atom. The van der Waals surface area contributed by atoms with Crippen LogP contribution in [-0.2, 0) is 9.53 Å². The summed E-state index contributed by atoms with van der Waals surface area (Å²) in [5.74, 6) is -0.248. The molecular weight excluding hydrogens is 228 g/mol. The molecule has 0 N–H and O–H groups in total. The number of rotatable bonds is 5. The first kappa shape index (κ1) is 14.4. The molecule has 18 heavy (non-hydrogen) atoms. The Labute approximate surface area is 108 Å². The second-order valence-corrected chi connectivity index (χ2v) is 5.50. The van der Waals surface area contributed by atoms with E-state index in [0.29, 0.717) is 12.0 Å². The predicted octanol–water partition coefficient (Wildman–Crippen LogP) is 3.24. The Morgan fingerprint density at radius 3 is 2.28 bits per heavy atom. The largest absolute Gasteiger partial charge is 0.465 e. The van der Waals surface area contributed by atoms with Gasteiger partial charge < -0.3 is 4.74 Å². The highest BCUT2D eigenvalue weighted by Gasteiger charge is 2.17. The first-order valence-corrected chi connectivity index (χ1v) is 6.12. The molecule has 0 unspecified atom stereocenters. The zero-order valence-electron chi connectivity index (χ0n) is 11.2. The average molecular weight is 248 g/mol. The van der Waals surface area contributed by atoms with Gasteiger partial charge in [0.2, 0.25) is 0 Å². The van der Waals surface area contributed by atoms with E-state index in [9.17, 15) is 9.59 Å². The van der Waals surface area contributed by atoms with Crippen LogP contribution in [0.15, 0.2) is 30.3 Å². The van der Waals surface area contributed by atoms with Gasteiger partial charge in [0, 0.05) is 12.0 Å². The van der Waals surface area contributed by atoms with Crippen molar-refractivity contribution in [1.29, 1.82) is 0 Å². The number of benzene rings is 1. The molecule has 0 bridgehead atoms. The summed E-state index contributed by atoms with van der Waals surface area (Å²) in [6, 6.07) is 9.02. The number of Topliss-reactive ketones (excluding diaryl/α,β-unsaturated/α-hetero) is 1. The van der Waals surface area contributed by atoms with Crippen LogP contribution >= 0.6 is 0 Å². The molecule has 0 aliphatic rings. The molecule has 0 aliphatic carbocycles. The molecule has 0 aliphatic heterocycles. The average Bonchev–Trinajstić information content (AvgIpc) is 2.27. The highest BCUT2D eigenvalue weighted by molar-refractivity contribution is 5.96. The minimum absolute atomic E-state index is 0.000779. The number of ketones is 1. The fourth-order valence-corrected chi connectivity index (χ4v) is 1.51. The minimum Gasteiger partial charge on any atom is -0.465 e. The van der Waals surface area contributed by atoms with E-state index in [1.165, 1.54) is 0 Å². The van der Waals surface area contributed by atoms with Crippen LogP contribution < -0.4 is 0 Å². The van der Waals surface area contributed by atoms with Crippen molar-refractivity contribution >= 4 is 11.8 Å². The van der Waals surface area contributed by atoms with Gasteiger partial charge in [-0.15, -0.1) is 0 Å². The lowest BCUT2D eigenvalue weighted by molar-refractivity contribution is -0.145. The molecule has 3 heteroatoms. The van der Waals surface area contributed by atoms with Crippen molar-refractivity contribution in [3.63, 3.8) is 0 Å². The maximum Gasteiger partial charge on any atom is 0.306 e. The van der Waals surface area contributed by atoms with Crippen LogP contribution in [0.4, 0.5) is 0 Å². The third-order valence-corrected chi connectivity index (χ3v) is 2.36. The molecule has 0 heterocycles. The Hall–Kier alpha value is -1.64. The minimum atomic E-state index is -0.247. The highest BCUT2D eigenvalue weighted by atomic mass is 16.5. The van der Waals surface area contributed by atoms with E-state index < -0.39 is 0 Å². The number of esters is 1. The lowest BCUT2D eigenvalue weighted by Crippen LogP contribution is -2.17. The third-order valence-electron chi connectivity index (χ3n) is 2.36. The molecule has 0 fully saturated rings. The summed E-state index contributed by atoms with van der Waals surface area (Å²) in [6.07, 6.45) is 0.604. The van der Waals surface area contributed by atoms with Crippen LogP contribution in [0, 0.1) is 5.41 Å². The molecule has 1 rings (SSSR count). The fraction of sp³-hybridized carbons (Fsp3) is 0.467. The molecule has 0 saturated heterocycles. The number of hydrogen-bond acceptors (Lipinski definition) is 3. The predicted molar refractivity (Wildman–Crippen MR) is 70.4 cm³/mol. The SMILES string of the molecule is CC(C)(C)CC(=O)OCCC(=O)c1ccccc1. The Morgan fingerprint density at radius 1 is 1.11 bits per heavy atom. The van der Waals surface area contributed by atoms with Gasteiger partial charge >= 0.3 is 5.97 Å². The van der Waals surface area contributed by atoms with E-state index in [1.807, 2.05) is 39.0 Å². The van der Waals surface area contributed by atoms with Gasteiger partial charge in [-0.25, -0.2) is 0 Å². The van der Waals surface area contributed by atoms with Gasteiger partial charge in [-0.2, -0.15) is 0 Å². The summed E-state index contributed by atoms with van der Waals surface area (Å²) in [4.78, 5) is 23.2. The second-order valence-electron chi connectivity index (χ2n) is 5.50. The fourth-order valence-electron chi connectivity index (χ4n) is 1.51. The quantitative estimate of drug-likeness (QED) is 0.593. The van der Waals surface area contributed by atoms with Crippen LogP contribution in [-0.4, -0.2) is 18.4 Å². The number of hydrogen-bond donors (Lipinski definition) is 0. The van der Waals surface area contributed by atoms with Crippen molar-refractivity contribution in [2.75, 3.05) is 6.61 Å². The number of carbonyl (C=O) groups is 2. The van der Waals surface area contributed by atoms with Gasteiger partial charge in [0.05, 0.1) is 13.0 Å². The summed E-state index contributed by atoms with van der Waals surface area (Å²) in [5, 5.41) is 0. The molecule has 0 atom stereocenters. The zero-order chi connectivity index (χ0) is 13.6. The van der Waals surface area contributed by atoms with E-state index in [1.54, 1.807) is 12.1 Å². The van der Waals surface area contributed by atoms with E-state index >= 15 is 0 Å². The molecule has 0 spiro atoms. The number of ether oxygens (including phenoxy) is 1. The molecule has 3 nitrogen and oxygen atoms in total. The lowest BCUT2D eigenvalue weighted by Gasteiger charge is -2.16. The molecule has 0 radical (unpaired) electrons. The van der Waals surface area contributed by atoms with Crippen LogP contribution in [0.2, 0.25) is 0 Å². The Kier molecular flexibility index (Phi) is 5.08. The smallest absolute Gasteiger partial charge is 0.306 e. The summed E-state index contributed by atoms with van der Waals surface area (Å²) >= 11 is 0. The monoisotopic (exact) mass is 248 g/mol. The van der Waals surface area contributed by atoms with Crippen LogP contribution in [0.3, 0.4) is 0 Å². The molecule has 0 amide bonds. The van der Waals surface area contributed by atoms with Gasteiger partial charge in [0.25, 0.3) is 0 Å². The normalized spacial score (nSPS) is 11.1. The molecule has 1 aromatic carbocycles. The topological polar surface area (TPSA) is 43.4 Å². The maximum absolute atomic E-state index is 11.7. The molecule has 0 saturated carbocycles. The first-order chi connectivity index (χ1) is 8.38. The molecule has 1 aromatic rings. The van der Waals surface area contributed by atoms with Crippen molar-refractivity contribution in [1.82, 2.24) is 0 Å². The molecule has 0 aromatic heterocycles. The van der Waals surface area contributed by atoms with Crippen molar-refractivity contribution in [3.05, 3.63) is 35.9 Å². The van der Waals surface area contributed by atoms with Crippen molar-refractivity contribution in [2.45, 2.75) is 33.6 Å². The van der Waals surface area contributed by atoms with E-state index in [-0.39, 0.29) is 30.2 Å². The highest BCUT2D eigenvalue weighted by Crippen LogP contribution is 2.18. The first-order valence-electron chi connectivity index (χ1n) is 6.12. The van der Waals surface area contributed by atoms with Crippen LogP contribution in [0.1, 0.15) is 44.0 Å². The van der Waals surface area contributed by atoms with Crippen LogP contribution in [0.25, 0.3) is 0 Å². The van der Waals surface area contributed by atoms with Crippen LogP contribution in [0.5, 0.6) is 0 Å². The molecular formula is C15H20O3. The van der Waals surface area contributed by atoms with Crippen molar-refractivity contribution < 1.29 is 14.3 Å². The van der Waals surface area contributed by atoms with E-state index in [0.717, 1.165) is 0 Å². The molecule has 98 valence electrons. The van der Waals surface area contributed by atoms with Crippen molar-refractivity contribution in [2.24, 2.45) is 5.41 Å². The lowest BCUT2D eigenvalue weighted by atomic mass is 9.92. The summed E-state index contributed by atoms with van der Waals surface area (Å²) in [7, 11) is 0. The van der Waals surface area contributed by atoms with Crippen molar-refractivity contribution in [3.8, 4) is 0 Å². The Bertz CT molecular complexity index is 401. The summed E-state index contributed by atoms with van der Waals surface area (Å²) in [6.45, 7) is 6.08. The van der Waals surface area contributed by atoms with Gasteiger partial charge in [0.15, 0.2) is 5.78 Å². The third kappa shape index (κ3) is 5.62. The number of carbonyl (C=O) groups excluding carboxylic acids is 2. The Balaban J connectivity index is 2.30. The van der Waals surface area contributed by atoms with E-state index in [2.05, 4.69) is 0 Å². The summed E-state index contributed by atoms with van der Waals surface area (Å²) < 4.78 is 5.05. The second kappa shape index (κ2) is 6.34. The van der Waals surface area contributed by atoms with Gasteiger partial charge in [-0.1, -0.05) is 51.1 Å². The van der Waals surface area contributed by atoms with Gasteiger partial charge in [0.1, 0.15) is 0 Å².